The van der Waals surface area contributed by atoms with E-state index in [4.69, 9.17) is 5.11 Å². The number of carbonyl (C=O) groups is 1. The van der Waals surface area contributed by atoms with Crippen molar-refractivity contribution in [3.8, 4) is 0 Å². The molecule has 0 unspecified atom stereocenters. The Bertz CT molecular complexity index is 234. The van der Waals surface area contributed by atoms with Crippen molar-refractivity contribution in [2.45, 2.75) is 6.42 Å². The van der Waals surface area contributed by atoms with Crippen LogP contribution in [0, 0.1) is 0 Å². The first-order valence-corrected chi connectivity index (χ1v) is 4.47. The maximum absolute atomic E-state index is 9.43. The van der Waals surface area contributed by atoms with Crippen LogP contribution in [0.4, 0.5) is 0 Å². The molecular formula is C11H17NO2. The van der Waals surface area contributed by atoms with E-state index in [1.54, 1.807) is 14.1 Å². The van der Waals surface area contributed by atoms with Crippen molar-refractivity contribution < 1.29 is 9.90 Å². The zero-order valence-electron chi connectivity index (χ0n) is 8.68. The summed E-state index contributed by atoms with van der Waals surface area (Å²) in [5.41, 5.74) is 1.19. The second kappa shape index (κ2) is 8.26. The summed E-state index contributed by atoms with van der Waals surface area (Å²) in [6.45, 7) is 0.240. The molecule has 78 valence electrons. The predicted molar refractivity (Wildman–Crippen MR) is 57.0 cm³/mol. The summed E-state index contributed by atoms with van der Waals surface area (Å²) in [5, 5.41) is 8.52. The van der Waals surface area contributed by atoms with Crippen LogP contribution in [0.1, 0.15) is 5.56 Å². The van der Waals surface area contributed by atoms with Crippen LogP contribution in [0.15, 0.2) is 30.3 Å². The fraction of sp³-hybridized carbons (Fsp3) is 0.364. The van der Waals surface area contributed by atoms with E-state index in [2.05, 4.69) is 0 Å². The number of rotatable bonds is 3. The normalized spacial score (nSPS) is 8.50. The SMILES string of the molecule is CN(C)C=O.OCCc1ccccc1. The predicted octanol–water partition coefficient (Wildman–Crippen LogP) is 0.926. The number of nitrogens with zero attached hydrogens (tertiary/aromatic N) is 1. The van der Waals surface area contributed by atoms with Crippen molar-refractivity contribution >= 4 is 6.41 Å². The van der Waals surface area contributed by atoms with Gasteiger partial charge in [0.2, 0.25) is 6.41 Å². The Morgan fingerprint density at radius 3 is 2.14 bits per heavy atom. The van der Waals surface area contributed by atoms with Crippen LogP contribution in [-0.2, 0) is 11.2 Å². The van der Waals surface area contributed by atoms with Gasteiger partial charge in [0.1, 0.15) is 0 Å². The Labute approximate surface area is 85.0 Å². The molecule has 0 aromatic heterocycles. The lowest BCUT2D eigenvalue weighted by Gasteiger charge is -1.93. The van der Waals surface area contributed by atoms with Crippen molar-refractivity contribution in [2.75, 3.05) is 20.7 Å². The summed E-state index contributed by atoms with van der Waals surface area (Å²) in [7, 11) is 3.38. The molecule has 0 saturated carbocycles. The molecular weight excluding hydrogens is 178 g/mol. The number of hydrogen-bond acceptors (Lipinski definition) is 2. The topological polar surface area (TPSA) is 40.5 Å². The zero-order valence-corrected chi connectivity index (χ0v) is 8.68. The molecule has 0 spiro atoms. The molecule has 1 rings (SSSR count). The summed E-state index contributed by atoms with van der Waals surface area (Å²) in [5.74, 6) is 0. The fourth-order valence-corrected chi connectivity index (χ4v) is 0.774. The third-order valence-corrected chi connectivity index (χ3v) is 1.45. The van der Waals surface area contributed by atoms with E-state index in [1.807, 2.05) is 30.3 Å². The number of aliphatic hydroxyl groups is 1. The summed E-state index contributed by atoms with van der Waals surface area (Å²) < 4.78 is 0. The largest absolute Gasteiger partial charge is 0.396 e. The average molecular weight is 195 g/mol. The first kappa shape index (κ1) is 12.7. The van der Waals surface area contributed by atoms with Crippen LogP contribution >= 0.6 is 0 Å². The number of aliphatic hydroxyl groups excluding tert-OH is 1. The third-order valence-electron chi connectivity index (χ3n) is 1.45. The van der Waals surface area contributed by atoms with Crippen LogP contribution < -0.4 is 0 Å². The molecule has 1 N–H and O–H groups in total. The van der Waals surface area contributed by atoms with Crippen LogP contribution in [0.3, 0.4) is 0 Å². The van der Waals surface area contributed by atoms with Gasteiger partial charge in [-0.1, -0.05) is 30.3 Å². The number of benzene rings is 1. The van der Waals surface area contributed by atoms with Gasteiger partial charge >= 0.3 is 0 Å². The highest BCUT2D eigenvalue weighted by Crippen LogP contribution is 1.97. The van der Waals surface area contributed by atoms with E-state index in [-0.39, 0.29) is 6.61 Å². The molecule has 1 aromatic carbocycles. The molecule has 3 nitrogen and oxygen atoms in total. The second-order valence-electron chi connectivity index (χ2n) is 3.03. The summed E-state index contributed by atoms with van der Waals surface area (Å²) in [4.78, 5) is 10.9. The first-order valence-electron chi connectivity index (χ1n) is 4.47. The highest BCUT2D eigenvalue weighted by molar-refractivity contribution is 5.45. The van der Waals surface area contributed by atoms with Gasteiger partial charge in [0.05, 0.1) is 0 Å². The monoisotopic (exact) mass is 195 g/mol. The summed E-state index contributed by atoms with van der Waals surface area (Å²) in [6.07, 6.45) is 1.51. The van der Waals surface area contributed by atoms with Gasteiger partial charge in [0.15, 0.2) is 0 Å². The number of hydrogen-bond donors (Lipinski definition) is 1. The minimum atomic E-state index is 0.240. The summed E-state index contributed by atoms with van der Waals surface area (Å²) in [6, 6.07) is 9.95. The minimum absolute atomic E-state index is 0.240. The minimum Gasteiger partial charge on any atom is -0.396 e. The molecule has 0 bridgehead atoms. The molecule has 3 heteroatoms. The first-order chi connectivity index (χ1) is 6.70. The van der Waals surface area contributed by atoms with Gasteiger partial charge in [-0.05, 0) is 12.0 Å². The highest BCUT2D eigenvalue weighted by atomic mass is 16.2. The van der Waals surface area contributed by atoms with E-state index in [9.17, 15) is 4.79 Å². The smallest absolute Gasteiger partial charge is 0.209 e. The molecule has 0 radical (unpaired) electrons. The molecule has 0 aliphatic carbocycles. The quantitative estimate of drug-likeness (QED) is 0.729. The van der Waals surface area contributed by atoms with E-state index in [1.165, 1.54) is 10.5 Å². The second-order valence-corrected chi connectivity index (χ2v) is 3.03. The fourth-order valence-electron chi connectivity index (χ4n) is 0.774. The van der Waals surface area contributed by atoms with E-state index >= 15 is 0 Å². The number of carbonyl (C=O) groups excluding carboxylic acids is 1. The Balaban J connectivity index is 0.000000292. The van der Waals surface area contributed by atoms with Gasteiger partial charge in [0, 0.05) is 20.7 Å². The maximum Gasteiger partial charge on any atom is 0.209 e. The molecule has 0 aliphatic rings. The Morgan fingerprint density at radius 1 is 1.29 bits per heavy atom. The molecule has 14 heavy (non-hydrogen) atoms. The lowest BCUT2D eigenvalue weighted by molar-refractivity contribution is -0.115. The van der Waals surface area contributed by atoms with Gasteiger partial charge in [0.25, 0.3) is 0 Å². The molecule has 1 amide bonds. The zero-order chi connectivity index (χ0) is 10.8. The molecule has 0 atom stereocenters. The third kappa shape index (κ3) is 7.31. The van der Waals surface area contributed by atoms with Crippen molar-refractivity contribution in [2.24, 2.45) is 0 Å². The molecule has 0 saturated heterocycles. The van der Waals surface area contributed by atoms with Crippen LogP contribution in [0.2, 0.25) is 0 Å². The lowest BCUT2D eigenvalue weighted by Crippen LogP contribution is -2.06. The average Bonchev–Trinajstić information content (AvgIpc) is 2.21. The van der Waals surface area contributed by atoms with E-state index in [0.717, 1.165) is 12.8 Å². The van der Waals surface area contributed by atoms with Gasteiger partial charge in [-0.25, -0.2) is 0 Å². The number of amides is 1. The molecule has 1 aromatic rings. The Hall–Kier alpha value is -1.35. The van der Waals surface area contributed by atoms with Crippen molar-refractivity contribution in [3.63, 3.8) is 0 Å². The Kier molecular flexibility index (Phi) is 7.46. The van der Waals surface area contributed by atoms with Crippen LogP contribution in [0.5, 0.6) is 0 Å². The van der Waals surface area contributed by atoms with Crippen molar-refractivity contribution in [1.29, 1.82) is 0 Å². The molecule has 0 fully saturated rings. The lowest BCUT2D eigenvalue weighted by atomic mass is 10.2. The Morgan fingerprint density at radius 2 is 1.79 bits per heavy atom. The van der Waals surface area contributed by atoms with Crippen LogP contribution in [-0.4, -0.2) is 37.1 Å². The standard InChI is InChI=1S/C8H10O.C3H7NO/c9-7-6-8-4-2-1-3-5-8;1-4(2)3-5/h1-5,9H,6-7H2;3H,1-2H3. The molecule has 0 aliphatic heterocycles. The highest BCUT2D eigenvalue weighted by Gasteiger charge is 1.85. The van der Waals surface area contributed by atoms with Gasteiger partial charge < -0.3 is 10.0 Å². The van der Waals surface area contributed by atoms with Crippen molar-refractivity contribution in [3.05, 3.63) is 35.9 Å². The van der Waals surface area contributed by atoms with Gasteiger partial charge in [-0.3, -0.25) is 4.79 Å². The van der Waals surface area contributed by atoms with Gasteiger partial charge in [-0.2, -0.15) is 0 Å². The van der Waals surface area contributed by atoms with Crippen LogP contribution in [0.25, 0.3) is 0 Å². The van der Waals surface area contributed by atoms with E-state index in [0.29, 0.717) is 0 Å². The van der Waals surface area contributed by atoms with E-state index < -0.39 is 0 Å². The van der Waals surface area contributed by atoms with Gasteiger partial charge in [-0.15, -0.1) is 0 Å². The maximum atomic E-state index is 9.43. The molecule has 0 heterocycles. The van der Waals surface area contributed by atoms with Crippen molar-refractivity contribution in [1.82, 2.24) is 4.90 Å². The summed E-state index contributed by atoms with van der Waals surface area (Å²) >= 11 is 0.